The van der Waals surface area contributed by atoms with Gasteiger partial charge < -0.3 is 5.32 Å². The minimum absolute atomic E-state index is 0.418. The van der Waals surface area contributed by atoms with Gasteiger partial charge in [0.25, 0.3) is 0 Å². The number of nitrogens with one attached hydrogen (secondary N) is 1. The van der Waals surface area contributed by atoms with Gasteiger partial charge in [-0.25, -0.2) is 0 Å². The second-order valence-corrected chi connectivity index (χ2v) is 6.09. The fourth-order valence-electron chi connectivity index (χ4n) is 2.38. The quantitative estimate of drug-likeness (QED) is 0.872. The minimum Gasteiger partial charge on any atom is -0.317 e. The number of rotatable bonds is 5. The Morgan fingerprint density at radius 3 is 2.71 bits per heavy atom. The highest BCUT2D eigenvalue weighted by Crippen LogP contribution is 2.21. The van der Waals surface area contributed by atoms with Crippen LogP contribution in [0.5, 0.6) is 0 Å². The van der Waals surface area contributed by atoms with E-state index in [0.29, 0.717) is 18.1 Å². The highest BCUT2D eigenvalue weighted by molar-refractivity contribution is 7.12. The Bertz CT molecular complexity index is 366. The van der Waals surface area contributed by atoms with E-state index in [-0.39, 0.29) is 0 Å². The van der Waals surface area contributed by atoms with Gasteiger partial charge in [-0.05, 0) is 50.4 Å². The van der Waals surface area contributed by atoms with E-state index in [4.69, 9.17) is 0 Å². The van der Waals surface area contributed by atoms with Crippen LogP contribution in [0.25, 0.3) is 0 Å². The molecule has 1 aromatic rings. The molecule has 94 valence electrons. The average molecular weight is 251 g/mol. The Labute approximate surface area is 107 Å². The summed E-state index contributed by atoms with van der Waals surface area (Å²) in [6.07, 6.45) is 4.83. The molecule has 0 aromatic carbocycles. The molecule has 2 nitrogen and oxygen atoms in total. The Morgan fingerprint density at radius 2 is 2.06 bits per heavy atom. The second kappa shape index (κ2) is 6.31. The van der Waals surface area contributed by atoms with Crippen molar-refractivity contribution in [3.63, 3.8) is 0 Å². The van der Waals surface area contributed by atoms with Gasteiger partial charge in [-0.2, -0.15) is 0 Å². The highest BCUT2D eigenvalue weighted by atomic mass is 32.1. The van der Waals surface area contributed by atoms with Crippen molar-refractivity contribution in [3.05, 3.63) is 21.9 Å². The van der Waals surface area contributed by atoms with Crippen molar-refractivity contribution in [2.45, 2.75) is 39.0 Å². The molecular weight excluding hydrogens is 230 g/mol. The van der Waals surface area contributed by atoms with Crippen LogP contribution in [0.3, 0.4) is 0 Å². The van der Waals surface area contributed by atoms with E-state index in [1.807, 2.05) is 0 Å². The second-order valence-electron chi connectivity index (χ2n) is 4.83. The molecule has 0 saturated carbocycles. The summed E-state index contributed by atoms with van der Waals surface area (Å²) < 4.78 is 0. The van der Waals surface area contributed by atoms with Crippen LogP contribution >= 0.6 is 11.3 Å². The summed E-state index contributed by atoms with van der Waals surface area (Å²) in [4.78, 5) is 14.6. The van der Waals surface area contributed by atoms with Crippen molar-refractivity contribution in [1.29, 1.82) is 0 Å². The molecular formula is C14H21NOS. The fourth-order valence-corrected chi connectivity index (χ4v) is 3.37. The molecule has 0 atom stereocenters. The van der Waals surface area contributed by atoms with Crippen LogP contribution in [0.4, 0.5) is 0 Å². The van der Waals surface area contributed by atoms with Gasteiger partial charge in [0.1, 0.15) is 5.78 Å². The van der Waals surface area contributed by atoms with E-state index < -0.39 is 0 Å². The van der Waals surface area contributed by atoms with Gasteiger partial charge in [-0.15, -0.1) is 11.3 Å². The summed E-state index contributed by atoms with van der Waals surface area (Å²) in [5.74, 6) is 1.04. The standard InChI is InChI=1S/C14H21NOS/c1-2-13-3-4-14(17-13)10-12(16)9-11-5-7-15-8-6-11/h3-4,11,15H,2,5-10H2,1H3. The zero-order chi connectivity index (χ0) is 12.1. The van der Waals surface area contributed by atoms with Gasteiger partial charge in [0, 0.05) is 22.6 Å². The molecule has 2 rings (SSSR count). The smallest absolute Gasteiger partial charge is 0.138 e. The van der Waals surface area contributed by atoms with Crippen LogP contribution < -0.4 is 5.32 Å². The first kappa shape index (κ1) is 12.8. The molecule has 3 heteroatoms. The van der Waals surface area contributed by atoms with Gasteiger partial charge in [0.15, 0.2) is 0 Å². The third kappa shape index (κ3) is 3.93. The third-order valence-electron chi connectivity index (χ3n) is 3.41. The topological polar surface area (TPSA) is 29.1 Å². The van der Waals surface area contributed by atoms with Crippen LogP contribution in [0, 0.1) is 5.92 Å². The normalized spacial score (nSPS) is 17.2. The molecule has 0 amide bonds. The van der Waals surface area contributed by atoms with E-state index in [2.05, 4.69) is 24.4 Å². The number of ketones is 1. The lowest BCUT2D eigenvalue weighted by Crippen LogP contribution is -2.29. The summed E-state index contributed by atoms with van der Waals surface area (Å²) in [6.45, 7) is 4.32. The summed E-state index contributed by atoms with van der Waals surface area (Å²) in [5.41, 5.74) is 0. The van der Waals surface area contributed by atoms with E-state index in [9.17, 15) is 4.79 Å². The van der Waals surface area contributed by atoms with E-state index in [0.717, 1.165) is 38.8 Å². The minimum atomic E-state index is 0.418. The Kier molecular flexibility index (Phi) is 4.75. The molecule has 1 aliphatic heterocycles. The lowest BCUT2D eigenvalue weighted by atomic mass is 9.92. The number of Topliss-reactive ketones (excluding diaryl/α,β-unsaturated/α-hetero) is 1. The van der Waals surface area contributed by atoms with Crippen molar-refractivity contribution in [3.8, 4) is 0 Å². The number of hydrogen-bond acceptors (Lipinski definition) is 3. The van der Waals surface area contributed by atoms with Gasteiger partial charge in [-0.3, -0.25) is 4.79 Å². The molecule has 17 heavy (non-hydrogen) atoms. The monoisotopic (exact) mass is 251 g/mol. The van der Waals surface area contributed by atoms with Crippen LogP contribution in [0.1, 0.15) is 35.9 Å². The molecule has 0 unspecified atom stereocenters. The zero-order valence-electron chi connectivity index (χ0n) is 10.5. The predicted molar refractivity (Wildman–Crippen MR) is 72.6 cm³/mol. The molecule has 2 heterocycles. The molecule has 1 fully saturated rings. The van der Waals surface area contributed by atoms with Crippen LogP contribution in [0.15, 0.2) is 12.1 Å². The predicted octanol–water partition coefficient (Wildman–Crippen LogP) is 2.81. The molecule has 1 aliphatic rings. The average Bonchev–Trinajstić information content (AvgIpc) is 2.78. The SMILES string of the molecule is CCc1ccc(CC(=O)CC2CCNCC2)s1. The Morgan fingerprint density at radius 1 is 1.35 bits per heavy atom. The number of piperidine rings is 1. The van der Waals surface area contributed by atoms with E-state index >= 15 is 0 Å². The Hall–Kier alpha value is -0.670. The first-order valence-corrected chi connectivity index (χ1v) is 7.39. The number of aryl methyl sites for hydroxylation is 1. The van der Waals surface area contributed by atoms with Gasteiger partial charge in [-0.1, -0.05) is 6.92 Å². The van der Waals surface area contributed by atoms with Crippen LogP contribution in [-0.2, 0) is 17.6 Å². The van der Waals surface area contributed by atoms with E-state index in [1.54, 1.807) is 11.3 Å². The van der Waals surface area contributed by atoms with Crippen molar-refractivity contribution < 1.29 is 4.79 Å². The third-order valence-corrected chi connectivity index (χ3v) is 4.64. The highest BCUT2D eigenvalue weighted by Gasteiger charge is 2.17. The van der Waals surface area contributed by atoms with Crippen LogP contribution in [-0.4, -0.2) is 18.9 Å². The molecule has 0 aliphatic carbocycles. The molecule has 1 N–H and O–H groups in total. The number of carbonyl (C=O) groups is 1. The van der Waals surface area contributed by atoms with Crippen molar-refractivity contribution in [2.75, 3.05) is 13.1 Å². The maximum Gasteiger partial charge on any atom is 0.138 e. The largest absolute Gasteiger partial charge is 0.317 e. The summed E-state index contributed by atoms with van der Waals surface area (Å²) in [5, 5.41) is 3.34. The molecule has 0 radical (unpaired) electrons. The van der Waals surface area contributed by atoms with Gasteiger partial charge >= 0.3 is 0 Å². The molecule has 1 saturated heterocycles. The first-order valence-electron chi connectivity index (χ1n) is 6.58. The maximum absolute atomic E-state index is 12.0. The molecule has 1 aromatic heterocycles. The van der Waals surface area contributed by atoms with Crippen molar-refractivity contribution >= 4 is 17.1 Å². The lowest BCUT2D eigenvalue weighted by molar-refractivity contribution is -0.119. The van der Waals surface area contributed by atoms with E-state index in [1.165, 1.54) is 9.75 Å². The number of hydrogen-bond donors (Lipinski definition) is 1. The van der Waals surface area contributed by atoms with Gasteiger partial charge in [0.2, 0.25) is 0 Å². The summed E-state index contributed by atoms with van der Waals surface area (Å²) >= 11 is 1.79. The summed E-state index contributed by atoms with van der Waals surface area (Å²) in [7, 11) is 0. The maximum atomic E-state index is 12.0. The Balaban J connectivity index is 1.79. The number of carbonyl (C=O) groups excluding carboxylic acids is 1. The molecule has 0 spiro atoms. The zero-order valence-corrected chi connectivity index (χ0v) is 11.3. The first-order chi connectivity index (χ1) is 8.28. The van der Waals surface area contributed by atoms with Crippen LogP contribution in [0.2, 0.25) is 0 Å². The molecule has 0 bridgehead atoms. The number of thiophene rings is 1. The van der Waals surface area contributed by atoms with Crippen molar-refractivity contribution in [2.24, 2.45) is 5.92 Å². The van der Waals surface area contributed by atoms with Crippen molar-refractivity contribution in [1.82, 2.24) is 5.32 Å². The van der Waals surface area contributed by atoms with Gasteiger partial charge in [0.05, 0.1) is 0 Å². The fraction of sp³-hybridized carbons (Fsp3) is 0.643. The summed E-state index contributed by atoms with van der Waals surface area (Å²) in [6, 6.07) is 4.27. The lowest BCUT2D eigenvalue weighted by Gasteiger charge is -2.21.